The van der Waals surface area contributed by atoms with E-state index in [1.807, 2.05) is 0 Å². The maximum absolute atomic E-state index is 13.1. The number of benzene rings is 2. The van der Waals surface area contributed by atoms with E-state index in [0.717, 1.165) is 0 Å². The lowest BCUT2D eigenvalue weighted by Gasteiger charge is -2.07. The highest BCUT2D eigenvalue weighted by atomic mass is 79.9. The number of carbonyl (C=O) groups excluding carboxylic acids is 1. The molecule has 0 saturated heterocycles. The van der Waals surface area contributed by atoms with E-state index in [9.17, 15) is 9.18 Å². The molecule has 23 heavy (non-hydrogen) atoms. The van der Waals surface area contributed by atoms with Gasteiger partial charge in [-0.1, -0.05) is 23.7 Å². The van der Waals surface area contributed by atoms with Crippen LogP contribution in [0.3, 0.4) is 0 Å². The Morgan fingerprint density at radius 1 is 1.22 bits per heavy atom. The molecule has 2 aromatic carbocycles. The fourth-order valence-electron chi connectivity index (χ4n) is 2.00. The maximum atomic E-state index is 13.1. The van der Waals surface area contributed by atoms with Crippen molar-refractivity contribution in [3.05, 3.63) is 63.5 Å². The maximum Gasteiger partial charge on any atom is 0.278 e. The molecular weight excluding hydrogens is 387 g/mol. The summed E-state index contributed by atoms with van der Waals surface area (Å²) < 4.78 is 13.5. The highest BCUT2D eigenvalue weighted by molar-refractivity contribution is 9.10. The molecule has 8 heteroatoms. The van der Waals surface area contributed by atoms with Crippen LogP contribution in [0.2, 0.25) is 5.02 Å². The number of rotatable bonds is 3. The van der Waals surface area contributed by atoms with E-state index in [-0.39, 0.29) is 5.69 Å². The normalized spacial score (nSPS) is 10.6. The van der Waals surface area contributed by atoms with Gasteiger partial charge < -0.3 is 5.32 Å². The Hall–Kier alpha value is -2.25. The monoisotopic (exact) mass is 394 g/mol. The van der Waals surface area contributed by atoms with Gasteiger partial charge in [-0.25, -0.2) is 4.39 Å². The minimum atomic E-state index is -0.471. The van der Waals surface area contributed by atoms with Crippen molar-refractivity contribution in [2.75, 3.05) is 5.32 Å². The van der Waals surface area contributed by atoms with E-state index >= 15 is 0 Å². The van der Waals surface area contributed by atoms with Crippen LogP contribution in [0.4, 0.5) is 10.1 Å². The third-order valence-corrected chi connectivity index (χ3v) is 3.93. The molecule has 3 rings (SSSR count). The van der Waals surface area contributed by atoms with E-state index in [1.165, 1.54) is 18.2 Å². The zero-order valence-corrected chi connectivity index (χ0v) is 13.8. The van der Waals surface area contributed by atoms with E-state index < -0.39 is 11.7 Å². The lowest BCUT2D eigenvalue weighted by molar-refractivity contribution is 0.102. The quantitative estimate of drug-likeness (QED) is 0.695. The first-order valence-electron chi connectivity index (χ1n) is 6.47. The lowest BCUT2D eigenvalue weighted by atomic mass is 10.1. The predicted molar refractivity (Wildman–Crippen MR) is 88.9 cm³/mol. The van der Waals surface area contributed by atoms with E-state index in [4.69, 9.17) is 11.6 Å². The molecule has 0 bridgehead atoms. The summed E-state index contributed by atoms with van der Waals surface area (Å²) in [5, 5.41) is 13.5. The zero-order valence-electron chi connectivity index (χ0n) is 11.5. The number of H-pyrrole nitrogens is 1. The summed E-state index contributed by atoms with van der Waals surface area (Å²) in [5.41, 5.74) is 1.58. The number of amides is 1. The summed E-state index contributed by atoms with van der Waals surface area (Å²) in [7, 11) is 0. The van der Waals surface area contributed by atoms with Gasteiger partial charge in [0.05, 0.1) is 5.69 Å². The molecule has 0 aliphatic rings. The van der Waals surface area contributed by atoms with Gasteiger partial charge in [0.25, 0.3) is 5.91 Å². The number of halogens is 3. The number of aromatic nitrogens is 3. The van der Waals surface area contributed by atoms with Crippen molar-refractivity contribution in [1.82, 2.24) is 15.4 Å². The second kappa shape index (κ2) is 6.47. The topological polar surface area (TPSA) is 70.7 Å². The average molecular weight is 396 g/mol. The number of hydrogen-bond donors (Lipinski definition) is 2. The molecule has 1 amide bonds. The van der Waals surface area contributed by atoms with Crippen LogP contribution in [0.1, 0.15) is 10.5 Å². The van der Waals surface area contributed by atoms with Crippen molar-refractivity contribution in [2.45, 2.75) is 0 Å². The summed E-state index contributed by atoms with van der Waals surface area (Å²) >= 11 is 9.15. The molecule has 0 unspecified atom stereocenters. The number of hydrogen-bond acceptors (Lipinski definition) is 3. The first-order valence-corrected chi connectivity index (χ1v) is 7.65. The van der Waals surface area contributed by atoms with Gasteiger partial charge >= 0.3 is 0 Å². The molecule has 3 aromatic rings. The average Bonchev–Trinajstić information content (AvgIpc) is 2.99. The summed E-state index contributed by atoms with van der Waals surface area (Å²) in [6.07, 6.45) is 0. The van der Waals surface area contributed by atoms with E-state index in [1.54, 1.807) is 24.3 Å². The predicted octanol–water partition coefficient (Wildman–Crippen LogP) is 4.28. The Kier molecular flexibility index (Phi) is 4.40. The number of aromatic amines is 1. The Labute approximate surface area is 144 Å². The van der Waals surface area contributed by atoms with Gasteiger partial charge in [-0.2, -0.15) is 15.4 Å². The molecular formula is C15H9BrClFN4O. The molecule has 0 atom stereocenters. The highest BCUT2D eigenvalue weighted by Crippen LogP contribution is 2.26. The number of carbonyl (C=O) groups is 1. The minimum absolute atomic E-state index is 0.114. The summed E-state index contributed by atoms with van der Waals surface area (Å²) in [5.74, 6) is -0.878. The molecule has 116 valence electrons. The van der Waals surface area contributed by atoms with Gasteiger partial charge in [-0.15, -0.1) is 0 Å². The molecule has 5 nitrogen and oxygen atoms in total. The minimum Gasteiger partial charge on any atom is -0.319 e. The fraction of sp³-hybridized carbons (Fsp3) is 0. The summed E-state index contributed by atoms with van der Waals surface area (Å²) in [6.45, 7) is 0. The standard InChI is InChI=1S/C15H9BrClFN4O/c16-11-7-10(18)4-5-12(11)19-15(23)14-13(20-22-21-14)8-2-1-3-9(17)6-8/h1-7H,(H,19,23)(H,20,21,22). The largest absolute Gasteiger partial charge is 0.319 e. The van der Waals surface area contributed by atoms with Gasteiger partial charge in [0.1, 0.15) is 11.5 Å². The third kappa shape index (κ3) is 3.40. The van der Waals surface area contributed by atoms with Crippen LogP contribution < -0.4 is 5.32 Å². The molecule has 0 saturated carbocycles. The fourth-order valence-corrected chi connectivity index (χ4v) is 2.64. The molecule has 1 heterocycles. The molecule has 0 aliphatic heterocycles. The molecule has 0 aliphatic carbocycles. The van der Waals surface area contributed by atoms with Crippen LogP contribution in [0.5, 0.6) is 0 Å². The van der Waals surface area contributed by atoms with Crippen LogP contribution in [0.15, 0.2) is 46.9 Å². The summed E-state index contributed by atoms with van der Waals surface area (Å²) in [6, 6.07) is 10.9. The molecule has 0 spiro atoms. The lowest BCUT2D eigenvalue weighted by Crippen LogP contribution is -2.14. The Balaban J connectivity index is 1.91. The number of anilines is 1. The number of nitrogens with one attached hydrogen (secondary N) is 2. The SMILES string of the molecule is O=C(Nc1ccc(F)cc1Br)c1n[nH]nc1-c1cccc(Cl)c1. The van der Waals surface area contributed by atoms with Crippen LogP contribution in [0, 0.1) is 5.82 Å². The third-order valence-electron chi connectivity index (χ3n) is 3.04. The van der Waals surface area contributed by atoms with Crippen molar-refractivity contribution in [3.8, 4) is 11.3 Å². The van der Waals surface area contributed by atoms with E-state index in [2.05, 4.69) is 36.7 Å². The van der Waals surface area contributed by atoms with Gasteiger partial charge in [0, 0.05) is 15.1 Å². The van der Waals surface area contributed by atoms with E-state index in [0.29, 0.717) is 26.4 Å². The zero-order chi connectivity index (χ0) is 16.4. The van der Waals surface area contributed by atoms with Crippen LogP contribution >= 0.6 is 27.5 Å². The van der Waals surface area contributed by atoms with Crippen molar-refractivity contribution in [2.24, 2.45) is 0 Å². The van der Waals surface area contributed by atoms with Crippen molar-refractivity contribution < 1.29 is 9.18 Å². The Morgan fingerprint density at radius 2 is 2.04 bits per heavy atom. The Bertz CT molecular complexity index is 883. The van der Waals surface area contributed by atoms with Crippen molar-refractivity contribution in [3.63, 3.8) is 0 Å². The van der Waals surface area contributed by atoms with Gasteiger partial charge in [-0.05, 0) is 46.3 Å². The highest BCUT2D eigenvalue weighted by Gasteiger charge is 2.19. The first kappa shape index (κ1) is 15.6. The molecule has 2 N–H and O–H groups in total. The smallest absolute Gasteiger partial charge is 0.278 e. The van der Waals surface area contributed by atoms with Crippen LogP contribution in [-0.2, 0) is 0 Å². The first-order chi connectivity index (χ1) is 11.0. The molecule has 1 aromatic heterocycles. The van der Waals surface area contributed by atoms with Crippen LogP contribution in [-0.4, -0.2) is 21.3 Å². The van der Waals surface area contributed by atoms with Crippen molar-refractivity contribution in [1.29, 1.82) is 0 Å². The van der Waals surface area contributed by atoms with Gasteiger partial charge in [0.15, 0.2) is 5.69 Å². The van der Waals surface area contributed by atoms with Crippen LogP contribution in [0.25, 0.3) is 11.3 Å². The van der Waals surface area contributed by atoms with Crippen molar-refractivity contribution >= 4 is 39.1 Å². The Morgan fingerprint density at radius 3 is 2.78 bits per heavy atom. The van der Waals surface area contributed by atoms with Gasteiger partial charge in [-0.3, -0.25) is 4.79 Å². The molecule has 0 radical (unpaired) electrons. The summed E-state index contributed by atoms with van der Waals surface area (Å²) in [4.78, 5) is 12.4. The van der Waals surface area contributed by atoms with Gasteiger partial charge in [0.2, 0.25) is 0 Å². The second-order valence-corrected chi connectivity index (χ2v) is 5.90. The number of nitrogens with zero attached hydrogens (tertiary/aromatic N) is 2. The molecule has 0 fully saturated rings. The second-order valence-electron chi connectivity index (χ2n) is 4.61.